The van der Waals surface area contributed by atoms with E-state index in [0.717, 1.165) is 0 Å². The van der Waals surface area contributed by atoms with Crippen molar-refractivity contribution in [3.63, 3.8) is 0 Å². The molecule has 5 nitrogen and oxygen atoms in total. The third-order valence-electron chi connectivity index (χ3n) is 1.86. The second-order valence-corrected chi connectivity index (χ2v) is 3.06. The lowest BCUT2D eigenvalue weighted by molar-refractivity contribution is -0.899. The Balaban J connectivity index is 1.98. The van der Waals surface area contributed by atoms with E-state index in [1.54, 1.807) is 61.2 Å². The van der Waals surface area contributed by atoms with Gasteiger partial charge in [-0.15, -0.1) is 0 Å². The van der Waals surface area contributed by atoms with Gasteiger partial charge >= 0.3 is 7.32 Å². The third kappa shape index (κ3) is 3.42. The van der Waals surface area contributed by atoms with Crippen molar-refractivity contribution in [2.24, 2.45) is 0 Å². The standard InChI is InChI=1S/C10H10BFN2O3/c12-15-11(16-13-7-3-1-4-8-13)17-14-9-5-2-6-10-14/h1-10H/q+2. The first kappa shape index (κ1) is 11.3. The van der Waals surface area contributed by atoms with E-state index in [9.17, 15) is 4.53 Å². The quantitative estimate of drug-likeness (QED) is 0.528. The summed E-state index contributed by atoms with van der Waals surface area (Å²) < 4.78 is 24.9. The Hall–Kier alpha value is -2.15. The van der Waals surface area contributed by atoms with E-state index in [2.05, 4.69) is 4.86 Å². The van der Waals surface area contributed by atoms with Gasteiger partial charge in [-0.1, -0.05) is 16.7 Å². The van der Waals surface area contributed by atoms with Crippen LogP contribution in [-0.4, -0.2) is 7.32 Å². The van der Waals surface area contributed by atoms with Crippen LogP contribution < -0.4 is 19.0 Å². The molecular formula is C10H10BFN2O3+2. The van der Waals surface area contributed by atoms with Crippen molar-refractivity contribution in [2.45, 2.75) is 0 Å². The number of halogens is 1. The molecule has 0 aliphatic heterocycles. The number of pyridine rings is 2. The summed E-state index contributed by atoms with van der Waals surface area (Å²) >= 11 is 0. The van der Waals surface area contributed by atoms with Crippen molar-refractivity contribution in [2.75, 3.05) is 0 Å². The zero-order valence-corrected chi connectivity index (χ0v) is 8.85. The minimum absolute atomic E-state index is 1.27. The number of aromatic nitrogens is 2. The number of hydrogen-bond acceptors (Lipinski definition) is 3. The van der Waals surface area contributed by atoms with Gasteiger partial charge in [-0.25, -0.2) is 9.51 Å². The van der Waals surface area contributed by atoms with E-state index in [4.69, 9.17) is 9.51 Å². The molecule has 0 spiro atoms. The maximum Gasteiger partial charge on any atom is 0.932 e. The second-order valence-electron chi connectivity index (χ2n) is 3.06. The van der Waals surface area contributed by atoms with Crippen molar-refractivity contribution < 1.29 is 28.4 Å². The lowest BCUT2D eigenvalue weighted by Gasteiger charge is -1.99. The summed E-state index contributed by atoms with van der Waals surface area (Å²) in [4.78, 5) is 3.57. The molecule has 0 aliphatic rings. The Kier molecular flexibility index (Phi) is 3.88. The van der Waals surface area contributed by atoms with Crippen molar-refractivity contribution >= 4 is 7.32 Å². The van der Waals surface area contributed by atoms with Crippen LogP contribution in [0.2, 0.25) is 0 Å². The smallest absolute Gasteiger partial charge is 0.243 e. The van der Waals surface area contributed by atoms with E-state index < -0.39 is 7.32 Å². The van der Waals surface area contributed by atoms with Gasteiger partial charge < -0.3 is 0 Å². The van der Waals surface area contributed by atoms with Gasteiger partial charge in [0.05, 0.1) is 0 Å². The van der Waals surface area contributed by atoms with Gasteiger partial charge in [0.2, 0.25) is 24.8 Å². The molecular weight excluding hydrogens is 226 g/mol. The Labute approximate surface area is 97.6 Å². The average Bonchev–Trinajstić information content (AvgIpc) is 2.40. The van der Waals surface area contributed by atoms with Crippen LogP contribution in [-0.2, 0) is 4.86 Å². The lowest BCUT2D eigenvalue weighted by Crippen LogP contribution is -2.60. The molecule has 0 bridgehead atoms. The Morgan fingerprint density at radius 2 is 1.12 bits per heavy atom. The van der Waals surface area contributed by atoms with Gasteiger partial charge in [-0.2, -0.15) is 4.86 Å². The van der Waals surface area contributed by atoms with Crippen molar-refractivity contribution in [3.8, 4) is 0 Å². The van der Waals surface area contributed by atoms with Gasteiger partial charge in [0.1, 0.15) is 0 Å². The minimum Gasteiger partial charge on any atom is -0.243 e. The molecule has 0 fully saturated rings. The molecule has 0 aliphatic carbocycles. The fourth-order valence-electron chi connectivity index (χ4n) is 1.16. The summed E-state index contributed by atoms with van der Waals surface area (Å²) in [6.45, 7) is 0. The van der Waals surface area contributed by atoms with E-state index in [1.807, 2.05) is 0 Å². The highest BCUT2D eigenvalue weighted by Gasteiger charge is 2.39. The first-order chi connectivity index (χ1) is 8.38. The molecule has 0 radical (unpaired) electrons. The summed E-state index contributed by atoms with van der Waals surface area (Å²) in [6, 6.07) is 10.5. The van der Waals surface area contributed by atoms with Gasteiger partial charge in [0.25, 0.3) is 0 Å². The summed E-state index contributed by atoms with van der Waals surface area (Å²) in [5.74, 6) is 0. The zero-order chi connectivity index (χ0) is 11.9. The predicted octanol–water partition coefficient (Wildman–Crippen LogP) is -0.295. The summed E-state index contributed by atoms with van der Waals surface area (Å²) in [5.41, 5.74) is 0. The zero-order valence-electron chi connectivity index (χ0n) is 8.85. The lowest BCUT2D eigenvalue weighted by atomic mass is 10.3. The first-order valence-corrected chi connectivity index (χ1v) is 4.93. The van der Waals surface area contributed by atoms with E-state index in [1.165, 1.54) is 9.46 Å². The highest BCUT2D eigenvalue weighted by molar-refractivity contribution is 6.35. The molecule has 0 saturated heterocycles. The Morgan fingerprint density at radius 1 is 0.706 bits per heavy atom. The van der Waals surface area contributed by atoms with E-state index >= 15 is 0 Å². The second kappa shape index (κ2) is 5.81. The van der Waals surface area contributed by atoms with E-state index in [-0.39, 0.29) is 0 Å². The van der Waals surface area contributed by atoms with Gasteiger partial charge in [0.15, 0.2) is 0 Å². The van der Waals surface area contributed by atoms with E-state index in [0.29, 0.717) is 0 Å². The average molecular weight is 236 g/mol. The first-order valence-electron chi connectivity index (χ1n) is 4.93. The maximum absolute atomic E-state index is 12.3. The molecule has 2 heterocycles. The molecule has 0 aromatic carbocycles. The predicted molar refractivity (Wildman–Crippen MR) is 54.4 cm³/mol. The highest BCUT2D eigenvalue weighted by Crippen LogP contribution is 1.82. The third-order valence-corrected chi connectivity index (χ3v) is 1.86. The van der Waals surface area contributed by atoms with Gasteiger partial charge in [0, 0.05) is 24.3 Å². The van der Waals surface area contributed by atoms with Crippen molar-refractivity contribution in [1.82, 2.24) is 0 Å². The molecule has 0 N–H and O–H groups in total. The summed E-state index contributed by atoms with van der Waals surface area (Å²) in [7, 11) is -1.49. The molecule has 17 heavy (non-hydrogen) atoms. The van der Waals surface area contributed by atoms with Crippen LogP contribution in [0.15, 0.2) is 61.2 Å². The summed E-state index contributed by atoms with van der Waals surface area (Å²) in [6.07, 6.45) is 6.35. The minimum atomic E-state index is -1.49. The van der Waals surface area contributed by atoms with Crippen molar-refractivity contribution in [1.29, 1.82) is 0 Å². The van der Waals surface area contributed by atoms with Crippen LogP contribution in [0.3, 0.4) is 0 Å². The maximum atomic E-state index is 12.3. The molecule has 0 amide bonds. The Morgan fingerprint density at radius 3 is 1.47 bits per heavy atom. The molecule has 2 aromatic heterocycles. The van der Waals surface area contributed by atoms with Crippen LogP contribution in [0.1, 0.15) is 0 Å². The molecule has 86 valence electrons. The highest BCUT2D eigenvalue weighted by atomic mass is 19.3. The SMILES string of the molecule is FOB(O[n+]1ccccc1)O[n+]1ccccc1. The molecule has 2 rings (SSSR count). The Bertz CT molecular complexity index is 404. The summed E-state index contributed by atoms with van der Waals surface area (Å²) in [5, 5.41) is 0. The fraction of sp³-hybridized carbons (Fsp3) is 0. The van der Waals surface area contributed by atoms with Gasteiger partial charge in [-0.3, -0.25) is 0 Å². The number of nitrogens with zero attached hydrogens (tertiary/aromatic N) is 2. The van der Waals surface area contributed by atoms with Crippen LogP contribution in [0.5, 0.6) is 0 Å². The van der Waals surface area contributed by atoms with Crippen molar-refractivity contribution in [3.05, 3.63) is 61.2 Å². The van der Waals surface area contributed by atoms with Gasteiger partial charge in [-0.05, 0) is 9.46 Å². The molecule has 0 unspecified atom stereocenters. The fourth-order valence-corrected chi connectivity index (χ4v) is 1.16. The molecule has 0 saturated carbocycles. The van der Waals surface area contributed by atoms with Crippen LogP contribution in [0.25, 0.3) is 0 Å². The monoisotopic (exact) mass is 236 g/mol. The topological polar surface area (TPSA) is 35.5 Å². The van der Waals surface area contributed by atoms with Crippen LogP contribution in [0.4, 0.5) is 4.53 Å². The normalized spacial score (nSPS) is 9.71. The van der Waals surface area contributed by atoms with Crippen LogP contribution in [0, 0.1) is 0 Å². The van der Waals surface area contributed by atoms with Crippen LogP contribution >= 0.6 is 0 Å². The number of hydrogen-bond donors (Lipinski definition) is 0. The largest absolute Gasteiger partial charge is 0.932 e. The number of rotatable bonds is 5. The molecule has 2 aromatic rings. The molecule has 0 atom stereocenters. The molecule has 7 heteroatoms.